The quantitative estimate of drug-likeness (QED) is 0.734. The molecule has 14 heavy (non-hydrogen) atoms. The smallest absolute Gasteiger partial charge is 0.220 e. The zero-order valence-electron chi connectivity index (χ0n) is 9.64. The van der Waals surface area contributed by atoms with E-state index in [9.17, 15) is 4.79 Å². The zero-order valence-corrected chi connectivity index (χ0v) is 11.2. The van der Waals surface area contributed by atoms with Crippen molar-refractivity contribution in [3.05, 3.63) is 0 Å². The zero-order chi connectivity index (χ0) is 11.1. The van der Waals surface area contributed by atoms with Gasteiger partial charge in [0, 0.05) is 17.8 Å². The minimum absolute atomic E-state index is 0.171. The number of rotatable bonds is 6. The van der Waals surface area contributed by atoms with Crippen LogP contribution in [-0.2, 0) is 4.79 Å². The first-order valence-corrected chi connectivity index (χ1v) is 6.29. The molecule has 0 bridgehead atoms. The fourth-order valence-electron chi connectivity index (χ4n) is 0.980. The lowest BCUT2D eigenvalue weighted by Gasteiger charge is -2.15. The van der Waals surface area contributed by atoms with Crippen LogP contribution in [0.1, 0.15) is 40.5 Å². The third kappa shape index (κ3) is 6.41. The lowest BCUT2D eigenvalue weighted by atomic mass is 10.0. The molecule has 0 spiro atoms. The van der Waals surface area contributed by atoms with E-state index < -0.39 is 0 Å². The number of hydrogen-bond donors (Lipinski definition) is 1. The Hall–Kier alpha value is -0.0500. The topological polar surface area (TPSA) is 29.1 Å². The standard InChI is InChI=1S/C11H22BrNO/c1-5-9(4)6-11(14)13-7-10(12)8(2)3/h8-10H,5-7H2,1-4H3,(H,13,14). The molecule has 0 heterocycles. The van der Waals surface area contributed by atoms with E-state index in [1.54, 1.807) is 0 Å². The van der Waals surface area contributed by atoms with Crippen molar-refractivity contribution in [1.82, 2.24) is 5.32 Å². The highest BCUT2D eigenvalue weighted by Gasteiger charge is 2.11. The lowest BCUT2D eigenvalue weighted by Crippen LogP contribution is -2.32. The molecule has 0 saturated carbocycles. The second-order valence-corrected chi connectivity index (χ2v) is 5.46. The van der Waals surface area contributed by atoms with E-state index in [1.807, 2.05) is 0 Å². The lowest BCUT2D eigenvalue weighted by molar-refractivity contribution is -0.121. The van der Waals surface area contributed by atoms with Crippen LogP contribution in [-0.4, -0.2) is 17.3 Å². The van der Waals surface area contributed by atoms with Gasteiger partial charge in [-0.2, -0.15) is 0 Å². The van der Waals surface area contributed by atoms with Gasteiger partial charge in [0.1, 0.15) is 0 Å². The van der Waals surface area contributed by atoms with E-state index in [0.29, 0.717) is 23.1 Å². The van der Waals surface area contributed by atoms with Gasteiger partial charge < -0.3 is 5.32 Å². The SMILES string of the molecule is CCC(C)CC(=O)NCC(Br)C(C)C. The molecule has 3 heteroatoms. The highest BCUT2D eigenvalue weighted by atomic mass is 79.9. The predicted octanol–water partition coefficient (Wildman–Crippen LogP) is 2.96. The van der Waals surface area contributed by atoms with Gasteiger partial charge in [0.15, 0.2) is 0 Å². The van der Waals surface area contributed by atoms with E-state index in [0.717, 1.165) is 13.0 Å². The summed E-state index contributed by atoms with van der Waals surface area (Å²) in [4.78, 5) is 11.8. The number of carbonyl (C=O) groups excluding carboxylic acids is 1. The first-order valence-electron chi connectivity index (χ1n) is 5.38. The maximum Gasteiger partial charge on any atom is 0.220 e. The van der Waals surface area contributed by atoms with E-state index in [2.05, 4.69) is 48.9 Å². The van der Waals surface area contributed by atoms with Gasteiger partial charge in [0.2, 0.25) is 5.91 Å². The van der Waals surface area contributed by atoms with Crippen LogP contribution in [0.15, 0.2) is 0 Å². The largest absolute Gasteiger partial charge is 0.355 e. The van der Waals surface area contributed by atoms with Crippen molar-refractivity contribution >= 4 is 21.8 Å². The molecular formula is C11H22BrNO. The highest BCUT2D eigenvalue weighted by Crippen LogP contribution is 2.11. The van der Waals surface area contributed by atoms with Gasteiger partial charge in [-0.3, -0.25) is 4.79 Å². The Kier molecular flexibility index (Phi) is 7.24. The molecule has 0 radical (unpaired) electrons. The molecule has 2 unspecified atom stereocenters. The maximum absolute atomic E-state index is 11.4. The molecule has 0 aliphatic carbocycles. The minimum Gasteiger partial charge on any atom is -0.355 e. The minimum atomic E-state index is 0.171. The summed E-state index contributed by atoms with van der Waals surface area (Å²) in [5, 5.41) is 2.94. The highest BCUT2D eigenvalue weighted by molar-refractivity contribution is 9.09. The number of amides is 1. The number of alkyl halides is 1. The van der Waals surface area contributed by atoms with Gasteiger partial charge in [-0.05, 0) is 11.8 Å². The van der Waals surface area contributed by atoms with Gasteiger partial charge in [0.05, 0.1) is 0 Å². The van der Waals surface area contributed by atoms with Crippen molar-refractivity contribution in [2.45, 2.75) is 45.4 Å². The summed E-state index contributed by atoms with van der Waals surface area (Å²) >= 11 is 3.54. The molecule has 0 aromatic carbocycles. The molecule has 0 rings (SSSR count). The second-order valence-electron chi connectivity index (χ2n) is 4.28. The number of nitrogens with one attached hydrogen (secondary N) is 1. The summed E-state index contributed by atoms with van der Waals surface area (Å²) < 4.78 is 0. The number of carbonyl (C=O) groups is 1. The monoisotopic (exact) mass is 263 g/mol. The fourth-order valence-corrected chi connectivity index (χ4v) is 1.14. The van der Waals surface area contributed by atoms with Crippen LogP contribution >= 0.6 is 15.9 Å². The number of halogens is 1. The van der Waals surface area contributed by atoms with E-state index >= 15 is 0 Å². The molecule has 0 aliphatic heterocycles. The molecule has 0 aliphatic rings. The van der Waals surface area contributed by atoms with Crippen molar-refractivity contribution in [3.8, 4) is 0 Å². The van der Waals surface area contributed by atoms with Gasteiger partial charge in [0.25, 0.3) is 0 Å². The van der Waals surface area contributed by atoms with Crippen molar-refractivity contribution in [2.24, 2.45) is 11.8 Å². The average Bonchev–Trinajstić information content (AvgIpc) is 2.13. The molecule has 0 fully saturated rings. The van der Waals surface area contributed by atoms with Crippen molar-refractivity contribution in [1.29, 1.82) is 0 Å². The van der Waals surface area contributed by atoms with Crippen LogP contribution in [0.3, 0.4) is 0 Å². The molecule has 84 valence electrons. The first kappa shape index (κ1) is 13.9. The van der Waals surface area contributed by atoms with E-state index in [1.165, 1.54) is 0 Å². The van der Waals surface area contributed by atoms with Crippen LogP contribution in [0.4, 0.5) is 0 Å². The Balaban J connectivity index is 3.64. The molecule has 0 aromatic rings. The molecule has 2 atom stereocenters. The molecule has 1 N–H and O–H groups in total. The fraction of sp³-hybridized carbons (Fsp3) is 0.909. The van der Waals surface area contributed by atoms with Gasteiger partial charge in [-0.25, -0.2) is 0 Å². The Morgan fingerprint density at radius 1 is 1.36 bits per heavy atom. The Bertz CT molecular complexity index is 171. The van der Waals surface area contributed by atoms with Crippen molar-refractivity contribution < 1.29 is 4.79 Å². The molecular weight excluding hydrogens is 242 g/mol. The normalized spacial score (nSPS) is 15.3. The van der Waals surface area contributed by atoms with Crippen molar-refractivity contribution in [3.63, 3.8) is 0 Å². The van der Waals surface area contributed by atoms with E-state index in [4.69, 9.17) is 0 Å². The summed E-state index contributed by atoms with van der Waals surface area (Å²) in [6, 6.07) is 0. The summed E-state index contributed by atoms with van der Waals surface area (Å²) in [6.07, 6.45) is 1.71. The van der Waals surface area contributed by atoms with Gasteiger partial charge in [-0.1, -0.05) is 50.0 Å². The average molecular weight is 264 g/mol. The molecule has 0 aromatic heterocycles. The molecule has 1 amide bonds. The van der Waals surface area contributed by atoms with Crippen LogP contribution in [0.2, 0.25) is 0 Å². The number of hydrogen-bond acceptors (Lipinski definition) is 1. The van der Waals surface area contributed by atoms with Gasteiger partial charge >= 0.3 is 0 Å². The van der Waals surface area contributed by atoms with E-state index in [-0.39, 0.29) is 5.91 Å². The molecule has 2 nitrogen and oxygen atoms in total. The van der Waals surface area contributed by atoms with Crippen LogP contribution < -0.4 is 5.32 Å². The van der Waals surface area contributed by atoms with Crippen LogP contribution in [0, 0.1) is 11.8 Å². The Labute approximate surface area is 96.0 Å². The summed E-state index contributed by atoms with van der Waals surface area (Å²) in [5.41, 5.74) is 0. The predicted molar refractivity (Wildman–Crippen MR) is 64.6 cm³/mol. The Morgan fingerprint density at radius 2 is 1.93 bits per heavy atom. The third-order valence-electron chi connectivity index (χ3n) is 2.45. The van der Waals surface area contributed by atoms with Crippen LogP contribution in [0.5, 0.6) is 0 Å². The van der Waals surface area contributed by atoms with Gasteiger partial charge in [-0.15, -0.1) is 0 Å². The Morgan fingerprint density at radius 3 is 2.36 bits per heavy atom. The summed E-state index contributed by atoms with van der Waals surface area (Å²) in [5.74, 6) is 1.21. The third-order valence-corrected chi connectivity index (χ3v) is 3.83. The summed E-state index contributed by atoms with van der Waals surface area (Å²) in [6.45, 7) is 9.22. The summed E-state index contributed by atoms with van der Waals surface area (Å²) in [7, 11) is 0. The molecule has 0 saturated heterocycles. The van der Waals surface area contributed by atoms with Crippen molar-refractivity contribution in [2.75, 3.05) is 6.54 Å². The second kappa shape index (κ2) is 7.27. The van der Waals surface area contributed by atoms with Crippen LogP contribution in [0.25, 0.3) is 0 Å². The maximum atomic E-state index is 11.4. The first-order chi connectivity index (χ1) is 6.47.